The van der Waals surface area contributed by atoms with Crippen LogP contribution in [0.15, 0.2) is 146 Å². The Labute approximate surface area is 246 Å². The third-order valence-electron chi connectivity index (χ3n) is 8.88. The van der Waals surface area contributed by atoms with Crippen molar-refractivity contribution in [3.8, 4) is 33.4 Å². The summed E-state index contributed by atoms with van der Waals surface area (Å²) in [5, 5.41) is 10.3. The van der Waals surface area contributed by atoms with E-state index in [4.69, 9.17) is 0 Å². The van der Waals surface area contributed by atoms with Crippen LogP contribution in [-0.4, -0.2) is 0 Å². The van der Waals surface area contributed by atoms with Crippen molar-refractivity contribution in [3.63, 3.8) is 0 Å². The molecule has 0 amide bonds. The molecular weight excluding hydrogens is 504 g/mol. The Balaban J connectivity index is 1.33. The SMILES string of the molecule is Cc1ccc2cc(-c3ccc(-c4cccc5c(-c6ccc(C)c7ccccc67)cccc45)c4ccccc34)ccc2c1. The molecule has 198 valence electrons. The van der Waals surface area contributed by atoms with Crippen molar-refractivity contribution in [2.75, 3.05) is 0 Å². The summed E-state index contributed by atoms with van der Waals surface area (Å²) >= 11 is 0. The van der Waals surface area contributed by atoms with Crippen LogP contribution in [0, 0.1) is 13.8 Å². The van der Waals surface area contributed by atoms with Gasteiger partial charge in [-0.15, -0.1) is 0 Å². The van der Waals surface area contributed by atoms with Crippen LogP contribution < -0.4 is 0 Å². The predicted octanol–water partition coefficient (Wildman–Crippen LogP) is 11.9. The maximum absolute atomic E-state index is 2.33. The van der Waals surface area contributed by atoms with E-state index >= 15 is 0 Å². The molecule has 42 heavy (non-hydrogen) atoms. The highest BCUT2D eigenvalue weighted by Gasteiger charge is 2.15. The number of hydrogen-bond acceptors (Lipinski definition) is 0. The Kier molecular flexibility index (Phi) is 5.69. The van der Waals surface area contributed by atoms with Gasteiger partial charge in [0.2, 0.25) is 0 Å². The third-order valence-corrected chi connectivity index (χ3v) is 8.88. The minimum atomic E-state index is 1.25. The lowest BCUT2D eigenvalue weighted by molar-refractivity contribution is 1.51. The Morgan fingerprint density at radius 3 is 1.43 bits per heavy atom. The van der Waals surface area contributed by atoms with E-state index in [9.17, 15) is 0 Å². The molecule has 8 aromatic rings. The number of aryl methyl sites for hydroxylation is 2. The number of hydrogen-bond donors (Lipinski definition) is 0. The predicted molar refractivity (Wildman–Crippen MR) is 182 cm³/mol. The monoisotopic (exact) mass is 534 g/mol. The highest BCUT2D eigenvalue weighted by atomic mass is 14.2. The molecule has 0 aromatic heterocycles. The van der Waals surface area contributed by atoms with Crippen LogP contribution in [0.5, 0.6) is 0 Å². The first-order chi connectivity index (χ1) is 20.7. The molecule has 0 aliphatic carbocycles. The molecule has 0 saturated heterocycles. The van der Waals surface area contributed by atoms with Gasteiger partial charge in [0.15, 0.2) is 0 Å². The molecule has 0 bridgehead atoms. The van der Waals surface area contributed by atoms with Crippen molar-refractivity contribution in [3.05, 3.63) is 157 Å². The summed E-state index contributed by atoms with van der Waals surface area (Å²) in [5.74, 6) is 0. The molecule has 0 atom stereocenters. The summed E-state index contributed by atoms with van der Waals surface area (Å²) in [6.07, 6.45) is 0. The van der Waals surface area contributed by atoms with Gasteiger partial charge < -0.3 is 0 Å². The van der Waals surface area contributed by atoms with E-state index in [2.05, 4.69) is 159 Å². The molecule has 0 nitrogen and oxygen atoms in total. The summed E-state index contributed by atoms with van der Waals surface area (Å²) in [5.41, 5.74) is 10.2. The van der Waals surface area contributed by atoms with Gasteiger partial charge in [0.1, 0.15) is 0 Å². The first-order valence-electron chi connectivity index (χ1n) is 14.7. The zero-order chi connectivity index (χ0) is 28.2. The second kappa shape index (κ2) is 9.72. The fraction of sp³-hybridized carbons (Fsp3) is 0.0476. The van der Waals surface area contributed by atoms with Crippen LogP contribution in [0.4, 0.5) is 0 Å². The normalized spacial score (nSPS) is 11.6. The standard InChI is InChI=1S/C42H30/c1-27-17-19-30-26-31(21-20-29(30)25-27)33-23-24-42(36-12-6-5-11-35(33)36)40-16-8-13-37-38(40)14-7-15-39(37)41-22-18-28(2)32-9-3-4-10-34(32)41/h3-26H,1-2H3. The topological polar surface area (TPSA) is 0 Å². The summed E-state index contributed by atoms with van der Waals surface area (Å²) in [6, 6.07) is 53.8. The van der Waals surface area contributed by atoms with E-state index in [1.807, 2.05) is 0 Å². The molecule has 0 spiro atoms. The minimum absolute atomic E-state index is 1.25. The highest BCUT2D eigenvalue weighted by Crippen LogP contribution is 2.42. The van der Waals surface area contributed by atoms with Gasteiger partial charge in [-0.05, 0) is 102 Å². The Hall–Kier alpha value is -5.20. The van der Waals surface area contributed by atoms with Crippen molar-refractivity contribution in [1.82, 2.24) is 0 Å². The quantitative estimate of drug-likeness (QED) is 0.211. The zero-order valence-electron chi connectivity index (χ0n) is 23.9. The molecule has 0 radical (unpaired) electrons. The fourth-order valence-corrected chi connectivity index (χ4v) is 6.78. The van der Waals surface area contributed by atoms with Crippen molar-refractivity contribution in [1.29, 1.82) is 0 Å². The average Bonchev–Trinajstić information content (AvgIpc) is 3.04. The lowest BCUT2D eigenvalue weighted by Crippen LogP contribution is -1.90. The number of rotatable bonds is 3. The number of benzene rings is 8. The second-order valence-corrected chi connectivity index (χ2v) is 11.5. The molecule has 0 fully saturated rings. The van der Waals surface area contributed by atoms with Gasteiger partial charge in [0.05, 0.1) is 0 Å². The van der Waals surface area contributed by atoms with E-state index in [1.165, 1.54) is 87.6 Å². The molecule has 8 rings (SSSR count). The van der Waals surface area contributed by atoms with Crippen molar-refractivity contribution in [2.24, 2.45) is 0 Å². The maximum Gasteiger partial charge on any atom is -0.00987 e. The average molecular weight is 535 g/mol. The Morgan fingerprint density at radius 2 is 0.762 bits per heavy atom. The largest absolute Gasteiger partial charge is 0.0616 e. The summed E-state index contributed by atoms with van der Waals surface area (Å²) < 4.78 is 0. The Morgan fingerprint density at radius 1 is 0.310 bits per heavy atom. The molecule has 8 aromatic carbocycles. The van der Waals surface area contributed by atoms with E-state index < -0.39 is 0 Å². The van der Waals surface area contributed by atoms with Crippen LogP contribution in [0.1, 0.15) is 11.1 Å². The van der Waals surface area contributed by atoms with Gasteiger partial charge in [0.25, 0.3) is 0 Å². The number of fused-ring (bicyclic) bond motifs is 4. The summed E-state index contributed by atoms with van der Waals surface area (Å²) in [4.78, 5) is 0. The van der Waals surface area contributed by atoms with Gasteiger partial charge in [-0.3, -0.25) is 0 Å². The van der Waals surface area contributed by atoms with Gasteiger partial charge >= 0.3 is 0 Å². The second-order valence-electron chi connectivity index (χ2n) is 11.5. The van der Waals surface area contributed by atoms with Crippen LogP contribution in [-0.2, 0) is 0 Å². The lowest BCUT2D eigenvalue weighted by Gasteiger charge is -2.16. The van der Waals surface area contributed by atoms with E-state index in [0.29, 0.717) is 0 Å². The van der Waals surface area contributed by atoms with Crippen LogP contribution >= 0.6 is 0 Å². The third kappa shape index (κ3) is 3.91. The van der Waals surface area contributed by atoms with Crippen LogP contribution in [0.3, 0.4) is 0 Å². The minimum Gasteiger partial charge on any atom is -0.0616 e. The summed E-state index contributed by atoms with van der Waals surface area (Å²) in [7, 11) is 0. The lowest BCUT2D eigenvalue weighted by atomic mass is 9.87. The van der Waals surface area contributed by atoms with Gasteiger partial charge in [-0.25, -0.2) is 0 Å². The molecule has 0 unspecified atom stereocenters. The maximum atomic E-state index is 2.33. The summed E-state index contributed by atoms with van der Waals surface area (Å²) in [6.45, 7) is 4.35. The molecule has 0 heterocycles. The van der Waals surface area contributed by atoms with Gasteiger partial charge in [0, 0.05) is 0 Å². The smallest absolute Gasteiger partial charge is 0.00987 e. The van der Waals surface area contributed by atoms with E-state index in [-0.39, 0.29) is 0 Å². The molecular formula is C42H30. The van der Waals surface area contributed by atoms with E-state index in [1.54, 1.807) is 0 Å². The Bertz CT molecular complexity index is 2320. The van der Waals surface area contributed by atoms with Crippen LogP contribution in [0.25, 0.3) is 76.5 Å². The van der Waals surface area contributed by atoms with Crippen molar-refractivity contribution >= 4 is 43.1 Å². The van der Waals surface area contributed by atoms with Gasteiger partial charge in [-0.2, -0.15) is 0 Å². The highest BCUT2D eigenvalue weighted by molar-refractivity contribution is 6.13. The molecule has 0 saturated carbocycles. The molecule has 0 N–H and O–H groups in total. The fourth-order valence-electron chi connectivity index (χ4n) is 6.78. The molecule has 0 aliphatic rings. The van der Waals surface area contributed by atoms with Crippen LogP contribution in [0.2, 0.25) is 0 Å². The van der Waals surface area contributed by atoms with Crippen molar-refractivity contribution in [2.45, 2.75) is 13.8 Å². The first kappa shape index (κ1) is 24.6. The molecule has 0 aliphatic heterocycles. The van der Waals surface area contributed by atoms with Crippen molar-refractivity contribution < 1.29 is 0 Å². The first-order valence-corrected chi connectivity index (χ1v) is 14.7. The zero-order valence-corrected chi connectivity index (χ0v) is 23.9. The van der Waals surface area contributed by atoms with E-state index in [0.717, 1.165) is 0 Å². The molecule has 0 heteroatoms. The van der Waals surface area contributed by atoms with Gasteiger partial charge in [-0.1, -0.05) is 145 Å².